The molecule has 0 bridgehead atoms. The highest BCUT2D eigenvalue weighted by Crippen LogP contribution is 2.24. The average molecular weight is 393 g/mol. The van der Waals surface area contributed by atoms with E-state index in [-0.39, 0.29) is 29.9 Å². The summed E-state index contributed by atoms with van der Waals surface area (Å²) in [5.74, 6) is -0.674. The number of rotatable bonds is 5. The molecule has 0 spiro atoms. The van der Waals surface area contributed by atoms with E-state index in [4.69, 9.17) is 17.3 Å². The fraction of sp³-hybridized carbons (Fsp3) is 0.389. The molecule has 1 heterocycles. The number of halogens is 1. The van der Waals surface area contributed by atoms with Gasteiger partial charge in [0.15, 0.2) is 5.69 Å². The number of nitrogens with zero attached hydrogens (tertiary/aromatic N) is 1. The number of hydrogen-bond acceptors (Lipinski definition) is 5. The molecule has 0 aliphatic heterocycles. The van der Waals surface area contributed by atoms with E-state index in [1.54, 1.807) is 6.07 Å². The van der Waals surface area contributed by atoms with E-state index < -0.39 is 5.91 Å². The zero-order valence-corrected chi connectivity index (χ0v) is 15.8. The molecule has 8 heteroatoms. The van der Waals surface area contributed by atoms with Crippen LogP contribution in [0, 0.1) is 0 Å². The molecule has 1 fully saturated rings. The number of nitrogens with one attached hydrogen (secondary N) is 2. The largest absolute Gasteiger partial charge is 0.395 e. The second-order valence-electron chi connectivity index (χ2n) is 6.36. The third-order valence-electron chi connectivity index (χ3n) is 4.49. The average Bonchev–Trinajstić information content (AvgIpc) is 3.03. The van der Waals surface area contributed by atoms with Crippen LogP contribution in [0.15, 0.2) is 24.3 Å². The molecular weight excluding hydrogens is 372 g/mol. The lowest BCUT2D eigenvalue weighted by Gasteiger charge is -2.22. The lowest BCUT2D eigenvalue weighted by atomic mass is 9.95. The minimum Gasteiger partial charge on any atom is -0.395 e. The predicted molar refractivity (Wildman–Crippen MR) is 103 cm³/mol. The van der Waals surface area contributed by atoms with Crippen LogP contribution in [0.3, 0.4) is 0 Å². The maximum atomic E-state index is 12.4. The van der Waals surface area contributed by atoms with Crippen molar-refractivity contribution in [2.45, 2.75) is 44.7 Å². The van der Waals surface area contributed by atoms with Gasteiger partial charge in [-0.05, 0) is 36.0 Å². The molecule has 6 nitrogen and oxygen atoms in total. The fourth-order valence-corrected chi connectivity index (χ4v) is 3.93. The van der Waals surface area contributed by atoms with E-state index in [0.717, 1.165) is 42.8 Å². The number of amides is 2. The van der Waals surface area contributed by atoms with Crippen molar-refractivity contribution in [1.29, 1.82) is 0 Å². The lowest BCUT2D eigenvalue weighted by molar-refractivity contribution is 0.0932. The van der Waals surface area contributed by atoms with E-state index >= 15 is 0 Å². The van der Waals surface area contributed by atoms with E-state index in [1.165, 1.54) is 6.42 Å². The summed E-state index contributed by atoms with van der Waals surface area (Å²) in [6.45, 7) is 0.263. The SMILES string of the molecule is Nc1c(C(=O)NCc2ccccc2Cl)nsc1C(=O)NC1CCCCC1. The Labute approximate surface area is 161 Å². The number of aromatic nitrogens is 1. The fourth-order valence-electron chi connectivity index (χ4n) is 3.02. The van der Waals surface area contributed by atoms with Crippen molar-refractivity contribution in [2.75, 3.05) is 5.73 Å². The molecule has 1 aromatic carbocycles. The van der Waals surface area contributed by atoms with Crippen LogP contribution in [0.2, 0.25) is 5.02 Å². The van der Waals surface area contributed by atoms with Crippen LogP contribution in [-0.2, 0) is 6.54 Å². The number of carbonyl (C=O) groups is 2. The van der Waals surface area contributed by atoms with Gasteiger partial charge in [-0.15, -0.1) is 0 Å². The molecule has 138 valence electrons. The van der Waals surface area contributed by atoms with Crippen LogP contribution in [-0.4, -0.2) is 22.2 Å². The van der Waals surface area contributed by atoms with Gasteiger partial charge in [-0.2, -0.15) is 4.37 Å². The van der Waals surface area contributed by atoms with Gasteiger partial charge in [0.2, 0.25) is 0 Å². The van der Waals surface area contributed by atoms with Crippen molar-refractivity contribution in [2.24, 2.45) is 0 Å². The van der Waals surface area contributed by atoms with Gasteiger partial charge in [0.25, 0.3) is 11.8 Å². The van der Waals surface area contributed by atoms with Crippen LogP contribution in [0.4, 0.5) is 5.69 Å². The van der Waals surface area contributed by atoms with Gasteiger partial charge in [-0.25, -0.2) is 0 Å². The summed E-state index contributed by atoms with van der Waals surface area (Å²) in [5, 5.41) is 6.31. The third kappa shape index (κ3) is 4.34. The Hall–Kier alpha value is -2.12. The molecule has 0 unspecified atom stereocenters. The summed E-state index contributed by atoms with van der Waals surface area (Å²) < 4.78 is 4.08. The van der Waals surface area contributed by atoms with Gasteiger partial charge in [0, 0.05) is 17.6 Å². The summed E-state index contributed by atoms with van der Waals surface area (Å²) in [6.07, 6.45) is 5.42. The van der Waals surface area contributed by atoms with Crippen molar-refractivity contribution < 1.29 is 9.59 Å². The lowest BCUT2D eigenvalue weighted by Crippen LogP contribution is -2.36. The van der Waals surface area contributed by atoms with Crippen LogP contribution >= 0.6 is 23.1 Å². The number of anilines is 1. The normalized spacial score (nSPS) is 14.8. The topological polar surface area (TPSA) is 97.1 Å². The monoisotopic (exact) mass is 392 g/mol. The molecule has 0 radical (unpaired) electrons. The van der Waals surface area contributed by atoms with Gasteiger partial charge in [-0.1, -0.05) is 49.1 Å². The van der Waals surface area contributed by atoms with Crippen molar-refractivity contribution in [3.05, 3.63) is 45.4 Å². The standard InChI is InChI=1S/C18H21ClN4O2S/c19-13-9-5-4-6-11(13)10-21-17(24)15-14(20)16(26-23-15)18(25)22-12-7-2-1-3-8-12/h4-6,9,12H,1-3,7-8,10,20H2,(H,21,24)(H,22,25). The molecule has 1 aliphatic carbocycles. The van der Waals surface area contributed by atoms with E-state index in [1.807, 2.05) is 18.2 Å². The van der Waals surface area contributed by atoms with Gasteiger partial charge in [0.1, 0.15) is 4.88 Å². The number of benzene rings is 1. The van der Waals surface area contributed by atoms with Crippen LogP contribution in [0.5, 0.6) is 0 Å². The van der Waals surface area contributed by atoms with E-state index in [2.05, 4.69) is 15.0 Å². The molecule has 2 aromatic rings. The maximum Gasteiger partial charge on any atom is 0.273 e. The Balaban J connectivity index is 1.63. The first kappa shape index (κ1) is 18.7. The highest BCUT2D eigenvalue weighted by molar-refractivity contribution is 7.09. The number of nitrogen functional groups attached to an aromatic ring is 1. The predicted octanol–water partition coefficient (Wildman–Crippen LogP) is 3.37. The van der Waals surface area contributed by atoms with Gasteiger partial charge in [0.05, 0.1) is 5.69 Å². The van der Waals surface area contributed by atoms with Crippen LogP contribution in [0.25, 0.3) is 0 Å². The number of carbonyl (C=O) groups excluding carboxylic acids is 2. The Morgan fingerprint density at radius 3 is 2.65 bits per heavy atom. The minimum atomic E-state index is -0.421. The first-order valence-corrected chi connectivity index (χ1v) is 9.79. The van der Waals surface area contributed by atoms with Gasteiger partial charge >= 0.3 is 0 Å². The quantitative estimate of drug-likeness (QED) is 0.726. The molecular formula is C18H21ClN4O2S. The van der Waals surface area contributed by atoms with Gasteiger partial charge in [-0.3, -0.25) is 9.59 Å². The molecule has 0 saturated heterocycles. The molecule has 26 heavy (non-hydrogen) atoms. The van der Waals surface area contributed by atoms with Gasteiger partial charge < -0.3 is 16.4 Å². The second kappa shape index (κ2) is 8.51. The zero-order valence-electron chi connectivity index (χ0n) is 14.3. The highest BCUT2D eigenvalue weighted by Gasteiger charge is 2.24. The van der Waals surface area contributed by atoms with E-state index in [0.29, 0.717) is 9.90 Å². The zero-order chi connectivity index (χ0) is 18.5. The summed E-state index contributed by atoms with van der Waals surface area (Å²) in [6, 6.07) is 7.43. The molecule has 0 atom stereocenters. The Morgan fingerprint density at radius 2 is 1.92 bits per heavy atom. The minimum absolute atomic E-state index is 0.0795. The second-order valence-corrected chi connectivity index (χ2v) is 7.54. The number of nitrogens with two attached hydrogens (primary N) is 1. The smallest absolute Gasteiger partial charge is 0.273 e. The van der Waals surface area contributed by atoms with Crippen LogP contribution < -0.4 is 16.4 Å². The Kier molecular flexibility index (Phi) is 6.11. The first-order chi connectivity index (χ1) is 12.6. The van der Waals surface area contributed by atoms with Crippen molar-refractivity contribution in [3.8, 4) is 0 Å². The molecule has 3 rings (SSSR count). The molecule has 1 aliphatic rings. The third-order valence-corrected chi connectivity index (χ3v) is 5.72. The van der Waals surface area contributed by atoms with Crippen molar-refractivity contribution >= 4 is 40.6 Å². The summed E-state index contributed by atoms with van der Waals surface area (Å²) in [7, 11) is 0. The molecule has 1 saturated carbocycles. The first-order valence-electron chi connectivity index (χ1n) is 8.64. The van der Waals surface area contributed by atoms with E-state index in [9.17, 15) is 9.59 Å². The molecule has 4 N–H and O–H groups in total. The maximum absolute atomic E-state index is 12.4. The van der Waals surface area contributed by atoms with Crippen molar-refractivity contribution in [1.82, 2.24) is 15.0 Å². The summed E-state index contributed by atoms with van der Waals surface area (Å²) in [5.41, 5.74) is 7.01. The number of hydrogen-bond donors (Lipinski definition) is 3. The Bertz CT molecular complexity index is 802. The molecule has 2 amide bonds. The Morgan fingerprint density at radius 1 is 1.19 bits per heavy atom. The summed E-state index contributed by atoms with van der Waals surface area (Å²) >= 11 is 7.03. The van der Waals surface area contributed by atoms with Crippen molar-refractivity contribution in [3.63, 3.8) is 0 Å². The highest BCUT2D eigenvalue weighted by atomic mass is 35.5. The molecule has 1 aromatic heterocycles. The summed E-state index contributed by atoms with van der Waals surface area (Å²) in [4.78, 5) is 25.1. The van der Waals surface area contributed by atoms with Crippen LogP contribution in [0.1, 0.15) is 57.8 Å².